The van der Waals surface area contributed by atoms with Crippen LogP contribution in [0, 0.1) is 5.92 Å². The van der Waals surface area contributed by atoms with E-state index in [1.165, 1.54) is 26.2 Å². The van der Waals surface area contributed by atoms with Gasteiger partial charge in [0.25, 0.3) is 0 Å². The van der Waals surface area contributed by atoms with E-state index in [1.807, 2.05) is 0 Å². The number of rotatable bonds is 5. The molecule has 1 N–H and O–H groups in total. The molecule has 0 spiro atoms. The molecule has 1 fully saturated rings. The molecule has 20 heavy (non-hydrogen) atoms. The summed E-state index contributed by atoms with van der Waals surface area (Å²) < 4.78 is 5.55. The predicted molar refractivity (Wildman–Crippen MR) is 75.4 cm³/mol. The van der Waals surface area contributed by atoms with Gasteiger partial charge in [-0.2, -0.15) is 0 Å². The van der Waals surface area contributed by atoms with Crippen molar-refractivity contribution in [1.82, 2.24) is 4.98 Å². The number of carboxylic acids is 1. The van der Waals surface area contributed by atoms with Gasteiger partial charge in [-0.15, -0.1) is 11.3 Å². The highest BCUT2D eigenvalue weighted by Crippen LogP contribution is 2.38. The summed E-state index contributed by atoms with van der Waals surface area (Å²) in [4.78, 5) is 27.1. The molecule has 1 aliphatic carbocycles. The maximum atomic E-state index is 11.5. The van der Waals surface area contributed by atoms with Gasteiger partial charge in [0.2, 0.25) is 0 Å². The molecule has 1 heterocycles. The first-order valence-electron chi connectivity index (χ1n) is 6.82. The number of aromatic carboxylic acids is 1. The van der Waals surface area contributed by atoms with Crippen LogP contribution >= 0.6 is 11.3 Å². The molecule has 1 aromatic rings. The Hall–Kier alpha value is -1.27. The number of ketones is 1. The molecule has 0 aromatic carbocycles. The van der Waals surface area contributed by atoms with Gasteiger partial charge in [-0.3, -0.25) is 4.79 Å². The molecule has 1 atom stereocenters. The topological polar surface area (TPSA) is 76.5 Å². The number of thiazole rings is 1. The van der Waals surface area contributed by atoms with Crippen LogP contribution in [-0.2, 0) is 4.74 Å². The molecule has 6 heteroatoms. The van der Waals surface area contributed by atoms with Crippen molar-refractivity contribution in [2.75, 3.05) is 7.11 Å². The molecule has 0 aliphatic heterocycles. The molecule has 5 nitrogen and oxygen atoms in total. The number of hydrogen-bond acceptors (Lipinski definition) is 5. The van der Waals surface area contributed by atoms with Gasteiger partial charge in [0.1, 0.15) is 16.0 Å². The Morgan fingerprint density at radius 2 is 2.00 bits per heavy atom. The van der Waals surface area contributed by atoms with Crippen LogP contribution in [0.2, 0.25) is 0 Å². The summed E-state index contributed by atoms with van der Waals surface area (Å²) in [6.45, 7) is 1.37. The number of nitrogens with zero attached hydrogens (tertiary/aromatic N) is 1. The number of carboxylic acid groups (broad SMARTS) is 1. The zero-order valence-electron chi connectivity index (χ0n) is 11.7. The second-order valence-corrected chi connectivity index (χ2v) is 6.18. The van der Waals surface area contributed by atoms with E-state index in [2.05, 4.69) is 4.98 Å². The number of carbonyl (C=O) groups excluding carboxylic acids is 1. The van der Waals surface area contributed by atoms with Crippen molar-refractivity contribution in [2.24, 2.45) is 5.92 Å². The zero-order chi connectivity index (χ0) is 14.7. The fraction of sp³-hybridized carbons (Fsp3) is 0.643. The van der Waals surface area contributed by atoms with Crippen LogP contribution in [0.15, 0.2) is 0 Å². The van der Waals surface area contributed by atoms with Crippen LogP contribution in [0.4, 0.5) is 0 Å². The predicted octanol–water partition coefficient (Wildman–Crippen LogP) is 3.31. The average Bonchev–Trinajstić information content (AvgIpc) is 2.86. The molecule has 1 aliphatic rings. The molecular weight excluding hydrogens is 278 g/mol. The largest absolute Gasteiger partial charge is 0.476 e. The van der Waals surface area contributed by atoms with Crippen LogP contribution in [-0.4, -0.2) is 29.0 Å². The smallest absolute Gasteiger partial charge is 0.356 e. The fourth-order valence-corrected chi connectivity index (χ4v) is 3.90. The molecule has 0 saturated heterocycles. The first kappa shape index (κ1) is 15.1. The molecule has 1 unspecified atom stereocenters. The third kappa shape index (κ3) is 3.07. The summed E-state index contributed by atoms with van der Waals surface area (Å²) in [6.07, 6.45) is 5.50. The summed E-state index contributed by atoms with van der Waals surface area (Å²) in [5.41, 5.74) is -0.143. The average molecular weight is 297 g/mol. The van der Waals surface area contributed by atoms with E-state index in [4.69, 9.17) is 9.84 Å². The second-order valence-electron chi connectivity index (χ2n) is 5.15. The van der Waals surface area contributed by atoms with E-state index in [-0.39, 0.29) is 22.5 Å². The Balaban J connectivity index is 2.32. The van der Waals surface area contributed by atoms with Gasteiger partial charge in [0.15, 0.2) is 11.5 Å². The maximum Gasteiger partial charge on any atom is 0.356 e. The van der Waals surface area contributed by atoms with Gasteiger partial charge in [0.05, 0.1) is 0 Å². The molecule has 1 aromatic heterocycles. The number of methoxy groups -OCH3 is 1. The maximum absolute atomic E-state index is 11.5. The minimum atomic E-state index is -1.16. The first-order chi connectivity index (χ1) is 9.54. The Morgan fingerprint density at radius 3 is 2.45 bits per heavy atom. The van der Waals surface area contributed by atoms with Crippen molar-refractivity contribution in [3.05, 3.63) is 15.6 Å². The van der Waals surface area contributed by atoms with Gasteiger partial charge >= 0.3 is 5.97 Å². The highest BCUT2D eigenvalue weighted by Gasteiger charge is 2.30. The summed E-state index contributed by atoms with van der Waals surface area (Å²) >= 11 is 1.16. The van der Waals surface area contributed by atoms with Crippen molar-refractivity contribution < 1.29 is 19.4 Å². The molecule has 0 bridgehead atoms. The van der Waals surface area contributed by atoms with E-state index >= 15 is 0 Å². The molecule has 0 radical (unpaired) electrons. The molecule has 110 valence electrons. The quantitative estimate of drug-likeness (QED) is 0.844. The number of ether oxygens (including phenoxy) is 1. The number of carbonyl (C=O) groups is 2. The highest BCUT2D eigenvalue weighted by atomic mass is 32.1. The van der Waals surface area contributed by atoms with E-state index in [0.717, 1.165) is 24.2 Å². The lowest BCUT2D eigenvalue weighted by molar-refractivity contribution is 0.0350. The molecule has 1 saturated carbocycles. The third-order valence-corrected chi connectivity index (χ3v) is 4.96. The SMILES string of the molecule is COC(c1nc(C(=O)O)c(C(C)=O)s1)C1CCCCC1. The lowest BCUT2D eigenvalue weighted by Gasteiger charge is -2.27. The molecule has 2 rings (SSSR count). The number of aromatic nitrogens is 1. The van der Waals surface area contributed by atoms with Crippen molar-refractivity contribution in [3.63, 3.8) is 0 Å². The number of Topliss-reactive ketones (excluding diaryl/α,β-unsaturated/α-hetero) is 1. The minimum Gasteiger partial charge on any atom is -0.476 e. The van der Waals surface area contributed by atoms with Gasteiger partial charge in [-0.25, -0.2) is 9.78 Å². The van der Waals surface area contributed by atoms with Crippen LogP contribution in [0.25, 0.3) is 0 Å². The monoisotopic (exact) mass is 297 g/mol. The molecule has 0 amide bonds. The lowest BCUT2D eigenvalue weighted by Crippen LogP contribution is -2.18. The normalized spacial score (nSPS) is 17.9. The van der Waals surface area contributed by atoms with E-state index in [1.54, 1.807) is 7.11 Å². The van der Waals surface area contributed by atoms with Crippen molar-refractivity contribution >= 4 is 23.1 Å². The standard InChI is InChI=1S/C14H19NO4S/c1-8(16)12-10(14(17)18)15-13(20-12)11(19-2)9-6-4-3-5-7-9/h9,11H,3-7H2,1-2H3,(H,17,18). The van der Waals surface area contributed by atoms with Crippen molar-refractivity contribution in [1.29, 1.82) is 0 Å². The summed E-state index contributed by atoms with van der Waals surface area (Å²) in [5.74, 6) is -1.05. The first-order valence-corrected chi connectivity index (χ1v) is 7.64. The van der Waals surface area contributed by atoms with E-state index < -0.39 is 5.97 Å². The fourth-order valence-electron chi connectivity index (χ4n) is 2.77. The Labute approximate surface area is 122 Å². The summed E-state index contributed by atoms with van der Waals surface area (Å²) in [6, 6.07) is 0. The van der Waals surface area contributed by atoms with Gasteiger partial charge < -0.3 is 9.84 Å². The van der Waals surface area contributed by atoms with Crippen LogP contribution in [0.1, 0.15) is 70.3 Å². The minimum absolute atomic E-state index is 0.143. The van der Waals surface area contributed by atoms with Gasteiger partial charge in [0, 0.05) is 14.0 Å². The molecular formula is C14H19NO4S. The summed E-state index contributed by atoms with van der Waals surface area (Å²) in [5, 5.41) is 9.76. The van der Waals surface area contributed by atoms with Gasteiger partial charge in [-0.05, 0) is 18.8 Å². The Morgan fingerprint density at radius 1 is 1.35 bits per heavy atom. The van der Waals surface area contributed by atoms with E-state index in [0.29, 0.717) is 10.9 Å². The summed E-state index contributed by atoms with van der Waals surface area (Å²) in [7, 11) is 1.62. The van der Waals surface area contributed by atoms with Crippen LogP contribution in [0.5, 0.6) is 0 Å². The zero-order valence-corrected chi connectivity index (χ0v) is 12.5. The van der Waals surface area contributed by atoms with Gasteiger partial charge in [-0.1, -0.05) is 19.3 Å². The van der Waals surface area contributed by atoms with Crippen LogP contribution in [0.3, 0.4) is 0 Å². The lowest BCUT2D eigenvalue weighted by atomic mass is 9.85. The second kappa shape index (κ2) is 6.45. The Bertz CT molecular complexity index is 474. The van der Waals surface area contributed by atoms with E-state index in [9.17, 15) is 9.59 Å². The number of hydrogen-bond donors (Lipinski definition) is 1. The Kier molecular flexibility index (Phi) is 4.88. The van der Waals surface area contributed by atoms with Crippen molar-refractivity contribution in [3.8, 4) is 0 Å². The third-order valence-electron chi connectivity index (χ3n) is 3.74. The highest BCUT2D eigenvalue weighted by molar-refractivity contribution is 7.14. The van der Waals surface area contributed by atoms with Crippen LogP contribution < -0.4 is 0 Å². The van der Waals surface area contributed by atoms with Crippen molar-refractivity contribution in [2.45, 2.75) is 45.1 Å².